The fourth-order valence-corrected chi connectivity index (χ4v) is 9.17. The van der Waals surface area contributed by atoms with Crippen molar-refractivity contribution >= 4 is 53.9 Å². The van der Waals surface area contributed by atoms with Gasteiger partial charge in [0.2, 0.25) is 29.6 Å². The lowest BCUT2D eigenvalue weighted by atomic mass is 10.1. The number of hydrogen-bond donors (Lipinski definition) is 6. The Hall–Kier alpha value is -4.27. The summed E-state index contributed by atoms with van der Waals surface area (Å²) in [4.78, 5) is 73.1. The first kappa shape index (κ1) is 49.1. The molecule has 7 N–H and O–H groups in total. The molecule has 1 aromatic rings. The number of carbonyl (C=O) groups is 5. The maximum atomic E-state index is 14.0. The number of benzene rings is 1. The SMILES string of the molecule is COc1cc(C)c(S(=O)(=O)NC(N)=NCCCC2NC(=O)[C@@H]3C[C@@H](CN3CCO[Si](C)(C)C(C)(C)C)NC(=O)[C@H](CC(=O)OC(C)(C)C)NC(=O)CNC2=O)c(C)c1C. The van der Waals surface area contributed by atoms with Gasteiger partial charge in [0.05, 0.1) is 31.0 Å². The number of sulfonamides is 1. The number of nitrogens with two attached hydrogens (primary N) is 1. The summed E-state index contributed by atoms with van der Waals surface area (Å²) in [5.41, 5.74) is 6.81. The summed E-state index contributed by atoms with van der Waals surface area (Å²) in [6.45, 7) is 21.2. The normalized spacial score (nSPS) is 21.8. The van der Waals surface area contributed by atoms with Crippen LogP contribution in [0.2, 0.25) is 18.1 Å². The molecule has 332 valence electrons. The highest BCUT2D eigenvalue weighted by Gasteiger charge is 2.42. The fourth-order valence-electron chi connectivity index (χ4n) is 6.66. The molecular weight excluding hydrogens is 801 g/mol. The van der Waals surface area contributed by atoms with Crippen LogP contribution in [0.3, 0.4) is 0 Å². The van der Waals surface area contributed by atoms with Crippen LogP contribution < -0.4 is 36.5 Å². The number of esters is 1. The molecule has 0 aromatic heterocycles. The number of ether oxygens (including phenoxy) is 2. The number of aliphatic imine (C=N–C) groups is 1. The van der Waals surface area contributed by atoms with Crippen LogP contribution in [0.15, 0.2) is 16.0 Å². The first-order valence-electron chi connectivity index (χ1n) is 19.9. The van der Waals surface area contributed by atoms with Crippen LogP contribution in [-0.2, 0) is 43.2 Å². The fraction of sp³-hybridized carbons (Fsp3) is 0.692. The van der Waals surface area contributed by atoms with E-state index in [0.29, 0.717) is 35.6 Å². The van der Waals surface area contributed by atoms with Crippen molar-refractivity contribution in [3.05, 3.63) is 22.8 Å². The summed E-state index contributed by atoms with van der Waals surface area (Å²) >= 11 is 0. The molecule has 3 rings (SSSR count). The Morgan fingerprint density at radius 3 is 2.25 bits per heavy atom. The molecule has 2 aliphatic heterocycles. The second-order valence-corrected chi connectivity index (χ2v) is 24.2. The standard InChI is InChI=1S/C39H66N8O10SSi/c1-23-18-30(55-10)24(2)25(3)33(23)58(53,54)46-37(40)41-15-13-14-27-34(50)42-21-31(48)44-28(20-32(49)57-38(4,5)6)35(51)43-26-19-29(36(52)45-27)47(22-26)16-17-56-59(11,12)39(7,8)9/h18,26-29H,13-17,19-22H2,1-12H3,(H,42,50)(H,43,51)(H,44,48)(H,45,52)(H3,40,41,46)/t26-,27?,28-,29-/m0/s1. The summed E-state index contributed by atoms with van der Waals surface area (Å²) in [6, 6.07) is -2.08. The molecular formula is C39H66N8O10SSi. The number of carbonyl (C=O) groups excluding carboxylic acids is 5. The molecule has 1 aromatic carbocycles. The summed E-state index contributed by atoms with van der Waals surface area (Å²) in [5, 5.41) is 10.8. The number of nitrogens with one attached hydrogen (secondary N) is 5. The molecule has 2 aliphatic rings. The molecule has 0 aliphatic carbocycles. The first-order chi connectivity index (χ1) is 27.2. The molecule has 1 unspecified atom stereocenters. The van der Waals surface area contributed by atoms with E-state index in [9.17, 15) is 32.4 Å². The van der Waals surface area contributed by atoms with Crippen LogP contribution in [-0.4, -0.2) is 127 Å². The van der Waals surface area contributed by atoms with E-state index in [-0.39, 0.29) is 48.2 Å². The van der Waals surface area contributed by atoms with E-state index >= 15 is 0 Å². The van der Waals surface area contributed by atoms with Crippen molar-refractivity contribution in [3.63, 3.8) is 0 Å². The van der Waals surface area contributed by atoms with Crippen LogP contribution in [0.5, 0.6) is 5.75 Å². The van der Waals surface area contributed by atoms with E-state index in [0.717, 1.165) is 0 Å². The largest absolute Gasteiger partial charge is 0.496 e. The minimum Gasteiger partial charge on any atom is -0.496 e. The molecule has 2 saturated heterocycles. The van der Waals surface area contributed by atoms with Gasteiger partial charge in [-0.2, -0.15) is 0 Å². The van der Waals surface area contributed by atoms with Gasteiger partial charge in [0.1, 0.15) is 23.4 Å². The molecule has 0 spiro atoms. The van der Waals surface area contributed by atoms with Crippen molar-refractivity contribution in [1.82, 2.24) is 30.9 Å². The predicted molar refractivity (Wildman–Crippen MR) is 226 cm³/mol. The minimum atomic E-state index is -4.11. The molecule has 18 nitrogen and oxygen atoms in total. The maximum Gasteiger partial charge on any atom is 0.308 e. The Labute approximate surface area is 350 Å². The summed E-state index contributed by atoms with van der Waals surface area (Å²) in [5.74, 6) is -2.99. The van der Waals surface area contributed by atoms with E-state index in [1.807, 2.05) is 4.90 Å². The Morgan fingerprint density at radius 1 is 0.983 bits per heavy atom. The lowest BCUT2D eigenvalue weighted by molar-refractivity contribution is -0.156. The number of rotatable bonds is 13. The number of likely N-dealkylation sites (tertiary alicyclic amines) is 1. The number of hydrogen-bond acceptors (Lipinski definition) is 12. The van der Waals surface area contributed by atoms with Crippen molar-refractivity contribution in [1.29, 1.82) is 0 Å². The molecule has 2 heterocycles. The predicted octanol–water partition coefficient (Wildman–Crippen LogP) is 1.41. The number of nitrogens with zero attached hydrogens (tertiary/aromatic N) is 2. The highest BCUT2D eigenvalue weighted by Crippen LogP contribution is 2.36. The molecule has 59 heavy (non-hydrogen) atoms. The smallest absolute Gasteiger partial charge is 0.308 e. The number of methoxy groups -OCH3 is 1. The third-order valence-corrected chi connectivity index (χ3v) is 17.0. The Bertz CT molecular complexity index is 1880. The third-order valence-electron chi connectivity index (χ3n) is 10.8. The van der Waals surface area contributed by atoms with Crippen LogP contribution in [0.1, 0.15) is 83.9 Å². The zero-order valence-corrected chi connectivity index (χ0v) is 38.5. The van der Waals surface area contributed by atoms with Gasteiger partial charge in [0.15, 0.2) is 8.32 Å². The van der Waals surface area contributed by atoms with Crippen LogP contribution in [0.4, 0.5) is 0 Å². The summed E-state index contributed by atoms with van der Waals surface area (Å²) in [6.07, 6.45) is -0.0169. The second kappa shape index (κ2) is 19.9. The molecule has 4 amide bonds. The molecule has 2 fully saturated rings. The van der Waals surface area contributed by atoms with Gasteiger partial charge in [-0.1, -0.05) is 20.8 Å². The van der Waals surface area contributed by atoms with E-state index < -0.39 is 90.7 Å². The number of guanidine groups is 1. The van der Waals surface area contributed by atoms with Crippen molar-refractivity contribution in [2.45, 2.75) is 141 Å². The lowest BCUT2D eigenvalue weighted by Crippen LogP contribution is -2.55. The van der Waals surface area contributed by atoms with Gasteiger partial charge in [0.25, 0.3) is 10.0 Å². The van der Waals surface area contributed by atoms with Crippen molar-refractivity contribution in [3.8, 4) is 5.75 Å². The zero-order valence-electron chi connectivity index (χ0n) is 36.7. The number of aryl methyl sites for hydroxylation is 1. The van der Waals surface area contributed by atoms with Crippen molar-refractivity contribution in [2.24, 2.45) is 10.7 Å². The second-order valence-electron chi connectivity index (χ2n) is 17.7. The average Bonchev–Trinajstić information content (AvgIpc) is 3.49. The van der Waals surface area contributed by atoms with Gasteiger partial charge < -0.3 is 40.9 Å². The maximum absolute atomic E-state index is 14.0. The molecule has 4 atom stereocenters. The van der Waals surface area contributed by atoms with Gasteiger partial charge in [-0.25, -0.2) is 13.1 Å². The molecule has 2 bridgehead atoms. The van der Waals surface area contributed by atoms with Crippen LogP contribution in [0, 0.1) is 20.8 Å². The Morgan fingerprint density at radius 2 is 1.64 bits per heavy atom. The van der Waals surface area contributed by atoms with Gasteiger partial charge in [0, 0.05) is 32.3 Å². The number of amides is 4. The summed E-state index contributed by atoms with van der Waals surface area (Å²) in [7, 11) is -4.74. The Kier molecular flexibility index (Phi) is 16.5. The van der Waals surface area contributed by atoms with Gasteiger partial charge >= 0.3 is 5.97 Å². The van der Waals surface area contributed by atoms with Crippen LogP contribution in [0.25, 0.3) is 0 Å². The highest BCUT2D eigenvalue weighted by molar-refractivity contribution is 7.90. The first-order valence-corrected chi connectivity index (χ1v) is 24.3. The minimum absolute atomic E-state index is 0.00507. The van der Waals surface area contributed by atoms with Crippen molar-refractivity contribution < 1.29 is 46.3 Å². The summed E-state index contributed by atoms with van der Waals surface area (Å²) < 4.78 is 46.2. The average molecular weight is 867 g/mol. The quantitative estimate of drug-likeness (QED) is 0.0542. The van der Waals surface area contributed by atoms with E-state index in [2.05, 4.69) is 64.8 Å². The highest BCUT2D eigenvalue weighted by atomic mass is 32.2. The zero-order chi connectivity index (χ0) is 44.7. The van der Waals surface area contributed by atoms with E-state index in [1.54, 1.807) is 47.6 Å². The molecule has 0 radical (unpaired) electrons. The van der Waals surface area contributed by atoms with Crippen LogP contribution >= 0.6 is 0 Å². The Balaban J connectivity index is 1.83. The van der Waals surface area contributed by atoms with Gasteiger partial charge in [-0.05, 0) is 102 Å². The van der Waals surface area contributed by atoms with Gasteiger partial charge in [-0.15, -0.1) is 0 Å². The van der Waals surface area contributed by atoms with E-state index in [4.69, 9.17) is 19.6 Å². The molecule has 0 saturated carbocycles. The third kappa shape index (κ3) is 13.9. The lowest BCUT2D eigenvalue weighted by Gasteiger charge is -2.37. The van der Waals surface area contributed by atoms with Gasteiger partial charge in [-0.3, -0.25) is 33.9 Å². The van der Waals surface area contributed by atoms with Crippen molar-refractivity contribution in [2.75, 3.05) is 39.9 Å². The number of fused-ring (bicyclic) bond motifs is 2. The topological polar surface area (TPSA) is 249 Å². The molecule has 20 heteroatoms. The monoisotopic (exact) mass is 866 g/mol. The van der Waals surface area contributed by atoms with E-state index in [1.165, 1.54) is 7.11 Å².